The summed E-state index contributed by atoms with van der Waals surface area (Å²) in [5, 5.41) is 18.5. The van der Waals surface area contributed by atoms with Crippen molar-refractivity contribution in [3.8, 4) is 0 Å². The fourth-order valence-electron chi connectivity index (χ4n) is 5.10. The molecular weight excluding hydrogens is 801 g/mol. The molecule has 4 aromatic rings. The number of nitrogens with two attached hydrogens (primary N) is 2. The van der Waals surface area contributed by atoms with E-state index < -0.39 is 69.9 Å². The molecule has 0 radical (unpaired) electrons. The fraction of sp³-hybridized carbons (Fsp3) is 0. The van der Waals surface area contributed by atoms with Crippen LogP contribution in [0.4, 0.5) is 34.1 Å². The van der Waals surface area contributed by atoms with Crippen LogP contribution in [-0.4, -0.2) is 54.8 Å². The smallest absolute Gasteiger partial charge is 0.744 e. The molecule has 7 N–H and O–H groups in total. The zero-order valence-electron chi connectivity index (χ0n) is 29.8. The van der Waals surface area contributed by atoms with E-state index in [1.54, 1.807) is 54.6 Å². The van der Waals surface area contributed by atoms with Crippen LogP contribution in [0.5, 0.6) is 0 Å². The number of hydrogen-bond acceptors (Lipinski definition) is 17. The van der Waals surface area contributed by atoms with Crippen molar-refractivity contribution in [2.45, 2.75) is 4.90 Å². The number of amides is 1. The van der Waals surface area contributed by atoms with Crippen molar-refractivity contribution in [3.05, 3.63) is 130 Å². The number of hydrazone groups is 2. The summed E-state index contributed by atoms with van der Waals surface area (Å²) in [6, 6.07) is 20.7. The van der Waals surface area contributed by atoms with Gasteiger partial charge in [0.2, 0.25) is 5.78 Å². The Morgan fingerprint density at radius 2 is 1.32 bits per heavy atom. The van der Waals surface area contributed by atoms with Gasteiger partial charge in [-0.05, 0) is 90.5 Å². The van der Waals surface area contributed by atoms with E-state index in [9.17, 15) is 40.3 Å². The third-order valence-electron chi connectivity index (χ3n) is 7.75. The van der Waals surface area contributed by atoms with Gasteiger partial charge in [-0.3, -0.25) is 25.2 Å². The van der Waals surface area contributed by atoms with Gasteiger partial charge in [-0.1, -0.05) is 18.2 Å². The molecule has 0 saturated carbocycles. The molecule has 0 heterocycles. The predicted octanol–water partition coefficient (Wildman–Crippen LogP) is -1.85. The largest absolute Gasteiger partial charge is 1.00 e. The Morgan fingerprint density at radius 3 is 1.93 bits per heavy atom. The number of carbonyl (C=O) groups excluding carboxylic acids is 3. The first kappa shape index (κ1) is 44.6. The molecule has 0 fully saturated rings. The average molecular weight is 826 g/mol. The molecule has 22 heteroatoms. The van der Waals surface area contributed by atoms with Crippen LogP contribution in [0.1, 0.15) is 26.3 Å². The minimum absolute atomic E-state index is 0. The summed E-state index contributed by atoms with van der Waals surface area (Å²) in [5.41, 5.74) is 16.3. The van der Waals surface area contributed by atoms with Gasteiger partial charge in [0, 0.05) is 17.3 Å². The Bertz CT molecular complexity index is 2680. The van der Waals surface area contributed by atoms with Crippen molar-refractivity contribution in [2.24, 2.45) is 26.2 Å². The summed E-state index contributed by atoms with van der Waals surface area (Å²) in [6.07, 6.45) is 4.75. The third kappa shape index (κ3) is 10.6. The molecule has 2 aliphatic carbocycles. The first-order valence-electron chi connectivity index (χ1n) is 15.6. The van der Waals surface area contributed by atoms with Gasteiger partial charge in [0.25, 0.3) is 5.91 Å². The molecule has 57 heavy (non-hydrogen) atoms. The Morgan fingerprint density at radius 1 is 0.702 bits per heavy atom. The van der Waals surface area contributed by atoms with Gasteiger partial charge in [-0.25, -0.2) is 16.8 Å². The Hall–Kier alpha value is -5.13. The fourth-order valence-corrected chi connectivity index (χ4v) is 6.40. The normalized spacial score (nSPS) is 15.3. The summed E-state index contributed by atoms with van der Waals surface area (Å²) in [7, 11) is -10.7. The number of anilines is 4. The molecule has 0 aliphatic heterocycles. The van der Waals surface area contributed by atoms with Crippen LogP contribution in [0.2, 0.25) is 0 Å². The molecule has 1 amide bonds. The van der Waals surface area contributed by atoms with Crippen molar-refractivity contribution in [3.63, 3.8) is 0 Å². The van der Waals surface area contributed by atoms with Gasteiger partial charge in [-0.15, -0.1) is 5.11 Å². The Kier molecular flexibility index (Phi) is 14.4. The second-order valence-corrected chi connectivity index (χ2v) is 14.2. The van der Waals surface area contributed by atoms with Crippen molar-refractivity contribution >= 4 is 89.3 Å². The van der Waals surface area contributed by atoms with Gasteiger partial charge in [0.1, 0.15) is 37.3 Å². The monoisotopic (exact) mass is 825 g/mol. The maximum absolute atomic E-state index is 13.6. The first-order valence-corrected chi connectivity index (χ1v) is 18.4. The van der Waals surface area contributed by atoms with Crippen LogP contribution >= 0.6 is 0 Å². The molecule has 18 nitrogen and oxygen atoms in total. The Labute approximate surface area is 369 Å². The first-order chi connectivity index (χ1) is 26.1. The second kappa shape index (κ2) is 18.4. The predicted molar refractivity (Wildman–Crippen MR) is 201 cm³/mol. The minimum atomic E-state index is -5.37. The molecule has 4 aromatic carbocycles. The van der Waals surface area contributed by atoms with Gasteiger partial charge in [0.15, 0.2) is 5.78 Å². The molecule has 2 aliphatic rings. The van der Waals surface area contributed by atoms with Gasteiger partial charge in [-0.2, -0.15) is 15.3 Å². The van der Waals surface area contributed by atoms with Crippen molar-refractivity contribution < 1.29 is 99.4 Å². The van der Waals surface area contributed by atoms with E-state index in [0.29, 0.717) is 34.9 Å². The van der Waals surface area contributed by atoms with Gasteiger partial charge < -0.3 is 25.9 Å². The number of fused-ring (bicyclic) bond motifs is 1. The van der Waals surface area contributed by atoms with Crippen LogP contribution in [0.25, 0.3) is 6.08 Å². The summed E-state index contributed by atoms with van der Waals surface area (Å²) in [5.74, 6) is -1.91. The number of nitrogens with zero attached hydrogens (tertiary/aromatic N) is 4. The number of rotatable bonds is 10. The molecule has 0 aromatic heterocycles. The number of azo groups is 1. The summed E-state index contributed by atoms with van der Waals surface area (Å²) >= 11 is 0. The van der Waals surface area contributed by atoms with Crippen LogP contribution in [0, 0.1) is 0 Å². The van der Waals surface area contributed by atoms with E-state index >= 15 is 0 Å². The maximum Gasteiger partial charge on any atom is 1.00 e. The quantitative estimate of drug-likeness (QED) is 0.0293. The third-order valence-corrected chi connectivity index (χ3v) is 9.45. The molecule has 6 rings (SSSR count). The van der Waals surface area contributed by atoms with Gasteiger partial charge >= 0.3 is 59.1 Å². The number of allylic oxidation sites excluding steroid dienone is 4. The maximum atomic E-state index is 13.6. The number of ketones is 2. The standard InChI is InChI=1S/C35H27N9O9S2.2Na/c36-26-18-25(45)14-15-27(26)42-39-24-12-10-21(11-13-24)38-35(47)19-6-8-23(9-7-19)41-43-32-28(54(48,49)50)16-20-17-29(55(51,52)53)33(34(46)30(20)31(32)37)44-40-22-4-2-1-3-5-22;;/h1-18,39-40H,36-37H2,(H,38,47)(H,48,49,50)(H,51,52,53);;/q;2*+1/p-2/b42-27+,43-41?,44-33+;;. The summed E-state index contributed by atoms with van der Waals surface area (Å²) < 4.78 is 73.3. The number of Topliss-reactive ketones (excluding diaryl/α,β-unsaturated/α-hetero) is 1. The molecule has 0 atom stereocenters. The molecular formula is C35H25N9Na2O9S2. The van der Waals surface area contributed by atoms with Crippen molar-refractivity contribution in [1.29, 1.82) is 0 Å². The van der Waals surface area contributed by atoms with Crippen LogP contribution in [-0.2, 0) is 25.0 Å². The van der Waals surface area contributed by atoms with E-state index in [1.165, 1.54) is 42.5 Å². The summed E-state index contributed by atoms with van der Waals surface area (Å²) in [6.45, 7) is 0. The van der Waals surface area contributed by atoms with Gasteiger partial charge in [0.05, 0.1) is 43.8 Å². The zero-order valence-corrected chi connectivity index (χ0v) is 35.5. The van der Waals surface area contributed by atoms with E-state index in [4.69, 9.17) is 11.5 Å². The Balaban J connectivity index is 0.00000360. The van der Waals surface area contributed by atoms with E-state index in [-0.39, 0.29) is 81.8 Å². The molecule has 0 unspecified atom stereocenters. The van der Waals surface area contributed by atoms with E-state index in [0.717, 1.165) is 0 Å². The SMILES string of the molecule is NC1=CC(=O)C=C/C1=N\Nc1ccc(NC(=O)c2ccc(N=Nc3c(S(=O)(=O)[O-])cc4c(c3N)C(=O)/C(=N/Nc3ccccc3)C(S(=O)(=O)[O-])=C4)cc2)cc1.[Na+].[Na+]. The number of nitrogen functional groups attached to an aromatic ring is 1. The number of benzene rings is 4. The summed E-state index contributed by atoms with van der Waals surface area (Å²) in [4.78, 5) is 35.8. The average Bonchev–Trinajstić information content (AvgIpc) is 3.14. The van der Waals surface area contributed by atoms with E-state index in [2.05, 4.69) is 36.6 Å². The molecule has 0 bridgehead atoms. The molecule has 0 saturated heterocycles. The second-order valence-electron chi connectivity index (χ2n) is 11.5. The minimum Gasteiger partial charge on any atom is -0.744 e. The number of hydrogen-bond donors (Lipinski definition) is 5. The topological polar surface area (TPSA) is 303 Å². The van der Waals surface area contributed by atoms with Crippen molar-refractivity contribution in [1.82, 2.24) is 0 Å². The number of nitrogens with one attached hydrogen (secondary N) is 3. The van der Waals surface area contributed by atoms with E-state index in [1.807, 2.05) is 0 Å². The van der Waals surface area contributed by atoms with Crippen LogP contribution in [0.15, 0.2) is 139 Å². The zero-order chi connectivity index (χ0) is 39.5. The van der Waals surface area contributed by atoms with Crippen molar-refractivity contribution in [2.75, 3.05) is 21.9 Å². The number of carbonyl (C=O) groups is 3. The molecule has 0 spiro atoms. The van der Waals surface area contributed by atoms with Crippen LogP contribution in [0.3, 0.4) is 0 Å². The van der Waals surface area contributed by atoms with Crippen LogP contribution < -0.4 is 86.8 Å². The number of para-hydroxylation sites is 1. The molecule has 278 valence electrons.